The van der Waals surface area contributed by atoms with Crippen LogP contribution in [0.15, 0.2) is 48.8 Å². The molecular weight excluding hydrogens is 176 g/mol. The molecular formula is C12H12O2. The van der Waals surface area contributed by atoms with Crippen LogP contribution < -0.4 is 4.74 Å². The molecule has 0 aromatic heterocycles. The molecule has 0 fully saturated rings. The molecule has 0 radical (unpaired) electrons. The van der Waals surface area contributed by atoms with Gasteiger partial charge in [0.1, 0.15) is 11.9 Å². The van der Waals surface area contributed by atoms with E-state index in [4.69, 9.17) is 9.47 Å². The predicted molar refractivity (Wildman–Crippen MR) is 55.1 cm³/mol. The molecule has 0 amide bonds. The molecule has 1 aromatic carbocycles. The fraction of sp³-hybridized carbons (Fsp3) is 0.167. The Morgan fingerprint density at radius 1 is 1.14 bits per heavy atom. The van der Waals surface area contributed by atoms with Gasteiger partial charge in [-0.3, -0.25) is 0 Å². The van der Waals surface area contributed by atoms with Crippen LogP contribution in [0.1, 0.15) is 11.7 Å². The zero-order chi connectivity index (χ0) is 9.80. The standard InChI is InChI=1S/C12H12O2/c1-13-11-7-5-10(6-8-11)12-4-2-3-9-14-12/h2-9,12H,1H3. The highest BCUT2D eigenvalue weighted by molar-refractivity contribution is 5.31. The maximum Gasteiger partial charge on any atom is 0.141 e. The number of ether oxygens (including phenoxy) is 2. The second-order valence-corrected chi connectivity index (χ2v) is 3.04. The molecule has 0 spiro atoms. The van der Waals surface area contributed by atoms with Crippen molar-refractivity contribution >= 4 is 0 Å². The zero-order valence-corrected chi connectivity index (χ0v) is 8.01. The van der Waals surface area contributed by atoms with Crippen molar-refractivity contribution in [1.29, 1.82) is 0 Å². The minimum atomic E-state index is 0.0332. The smallest absolute Gasteiger partial charge is 0.141 e. The van der Waals surface area contributed by atoms with E-state index in [9.17, 15) is 0 Å². The quantitative estimate of drug-likeness (QED) is 0.710. The fourth-order valence-corrected chi connectivity index (χ4v) is 1.37. The average Bonchev–Trinajstić information content (AvgIpc) is 2.30. The van der Waals surface area contributed by atoms with Crippen molar-refractivity contribution in [3.05, 3.63) is 54.3 Å². The SMILES string of the molecule is COc1ccc(C2C=CC=CO2)cc1. The van der Waals surface area contributed by atoms with Crippen LogP contribution in [0.2, 0.25) is 0 Å². The summed E-state index contributed by atoms with van der Waals surface area (Å²) in [4.78, 5) is 0. The number of hydrogen-bond acceptors (Lipinski definition) is 2. The van der Waals surface area contributed by atoms with Crippen LogP contribution >= 0.6 is 0 Å². The molecule has 0 saturated carbocycles. The summed E-state index contributed by atoms with van der Waals surface area (Å²) in [6.45, 7) is 0. The topological polar surface area (TPSA) is 18.5 Å². The first kappa shape index (κ1) is 8.88. The van der Waals surface area contributed by atoms with Gasteiger partial charge in [-0.25, -0.2) is 0 Å². The van der Waals surface area contributed by atoms with Crippen LogP contribution in [-0.4, -0.2) is 7.11 Å². The van der Waals surface area contributed by atoms with Gasteiger partial charge in [0.05, 0.1) is 13.4 Å². The minimum absolute atomic E-state index is 0.0332. The highest BCUT2D eigenvalue weighted by Gasteiger charge is 2.08. The van der Waals surface area contributed by atoms with Gasteiger partial charge in [-0.2, -0.15) is 0 Å². The summed E-state index contributed by atoms with van der Waals surface area (Å²) in [7, 11) is 1.66. The van der Waals surface area contributed by atoms with Crippen LogP contribution in [0.4, 0.5) is 0 Å². The highest BCUT2D eigenvalue weighted by Crippen LogP contribution is 2.23. The van der Waals surface area contributed by atoms with Gasteiger partial charge >= 0.3 is 0 Å². The van der Waals surface area contributed by atoms with E-state index in [-0.39, 0.29) is 6.10 Å². The van der Waals surface area contributed by atoms with E-state index in [2.05, 4.69) is 0 Å². The molecule has 1 aliphatic heterocycles. The molecule has 0 bridgehead atoms. The Kier molecular flexibility index (Phi) is 2.54. The number of allylic oxidation sites excluding steroid dienone is 2. The number of benzene rings is 1. The molecule has 1 heterocycles. The lowest BCUT2D eigenvalue weighted by Crippen LogP contribution is -1.98. The van der Waals surface area contributed by atoms with E-state index in [1.165, 1.54) is 0 Å². The Balaban J connectivity index is 2.16. The van der Waals surface area contributed by atoms with Gasteiger partial charge in [-0.05, 0) is 29.8 Å². The van der Waals surface area contributed by atoms with Crippen LogP contribution in [0.5, 0.6) is 5.75 Å². The largest absolute Gasteiger partial charge is 0.497 e. The maximum absolute atomic E-state index is 5.43. The normalized spacial score (nSPS) is 19.1. The monoisotopic (exact) mass is 188 g/mol. The van der Waals surface area contributed by atoms with Gasteiger partial charge < -0.3 is 9.47 Å². The maximum atomic E-state index is 5.43. The van der Waals surface area contributed by atoms with E-state index in [0.717, 1.165) is 11.3 Å². The van der Waals surface area contributed by atoms with Crippen LogP contribution in [-0.2, 0) is 4.74 Å². The molecule has 1 unspecified atom stereocenters. The van der Waals surface area contributed by atoms with Crippen molar-refractivity contribution in [3.63, 3.8) is 0 Å². The van der Waals surface area contributed by atoms with Crippen LogP contribution in [0.25, 0.3) is 0 Å². The Hall–Kier alpha value is -1.70. The van der Waals surface area contributed by atoms with E-state index in [0.29, 0.717) is 0 Å². The number of methoxy groups -OCH3 is 1. The predicted octanol–water partition coefficient (Wildman–Crippen LogP) is 2.84. The number of rotatable bonds is 2. The highest BCUT2D eigenvalue weighted by atomic mass is 16.5. The Morgan fingerprint density at radius 3 is 2.50 bits per heavy atom. The molecule has 0 aliphatic carbocycles. The Morgan fingerprint density at radius 2 is 1.93 bits per heavy atom. The van der Waals surface area contributed by atoms with E-state index < -0.39 is 0 Å². The zero-order valence-electron chi connectivity index (χ0n) is 8.01. The molecule has 2 rings (SSSR count). The molecule has 2 nitrogen and oxygen atoms in total. The van der Waals surface area contributed by atoms with Crippen molar-refractivity contribution in [2.24, 2.45) is 0 Å². The van der Waals surface area contributed by atoms with E-state index >= 15 is 0 Å². The van der Waals surface area contributed by atoms with Crippen LogP contribution in [0, 0.1) is 0 Å². The van der Waals surface area contributed by atoms with Gasteiger partial charge in [0.2, 0.25) is 0 Å². The summed E-state index contributed by atoms with van der Waals surface area (Å²) in [5, 5.41) is 0. The first-order valence-corrected chi connectivity index (χ1v) is 4.53. The third-order valence-electron chi connectivity index (χ3n) is 2.15. The summed E-state index contributed by atoms with van der Waals surface area (Å²) < 4.78 is 10.5. The fourth-order valence-electron chi connectivity index (χ4n) is 1.37. The van der Waals surface area contributed by atoms with E-state index in [1.54, 1.807) is 13.4 Å². The molecule has 1 atom stereocenters. The summed E-state index contributed by atoms with van der Waals surface area (Å²) in [5.41, 5.74) is 1.13. The van der Waals surface area contributed by atoms with Gasteiger partial charge in [-0.1, -0.05) is 18.2 Å². The summed E-state index contributed by atoms with van der Waals surface area (Å²) in [6.07, 6.45) is 7.61. The van der Waals surface area contributed by atoms with E-state index in [1.807, 2.05) is 42.5 Å². The lowest BCUT2D eigenvalue weighted by Gasteiger charge is -2.15. The molecule has 1 aromatic rings. The first-order chi connectivity index (χ1) is 6.90. The van der Waals surface area contributed by atoms with Crippen molar-refractivity contribution in [2.75, 3.05) is 7.11 Å². The van der Waals surface area contributed by atoms with Crippen molar-refractivity contribution in [3.8, 4) is 5.75 Å². The van der Waals surface area contributed by atoms with Crippen molar-refractivity contribution < 1.29 is 9.47 Å². The minimum Gasteiger partial charge on any atom is -0.497 e. The summed E-state index contributed by atoms with van der Waals surface area (Å²) >= 11 is 0. The second kappa shape index (κ2) is 4.01. The summed E-state index contributed by atoms with van der Waals surface area (Å²) in [5.74, 6) is 0.865. The molecule has 14 heavy (non-hydrogen) atoms. The lowest BCUT2D eigenvalue weighted by molar-refractivity contribution is 0.186. The third kappa shape index (κ3) is 1.79. The molecule has 2 heteroatoms. The van der Waals surface area contributed by atoms with Crippen molar-refractivity contribution in [1.82, 2.24) is 0 Å². The van der Waals surface area contributed by atoms with Gasteiger partial charge in [0.25, 0.3) is 0 Å². The van der Waals surface area contributed by atoms with Gasteiger partial charge in [0, 0.05) is 0 Å². The molecule has 72 valence electrons. The first-order valence-electron chi connectivity index (χ1n) is 4.53. The van der Waals surface area contributed by atoms with Crippen molar-refractivity contribution in [2.45, 2.75) is 6.10 Å². The average molecular weight is 188 g/mol. The van der Waals surface area contributed by atoms with Gasteiger partial charge in [-0.15, -0.1) is 0 Å². The molecule has 1 aliphatic rings. The van der Waals surface area contributed by atoms with Gasteiger partial charge in [0.15, 0.2) is 0 Å². The summed E-state index contributed by atoms with van der Waals surface area (Å²) in [6, 6.07) is 7.88. The molecule has 0 N–H and O–H groups in total. The number of hydrogen-bond donors (Lipinski definition) is 0. The lowest BCUT2D eigenvalue weighted by atomic mass is 10.1. The molecule has 0 saturated heterocycles. The van der Waals surface area contributed by atoms with Crippen LogP contribution in [0.3, 0.4) is 0 Å². The Labute approximate surface area is 83.5 Å². The Bertz CT molecular complexity index is 349. The second-order valence-electron chi connectivity index (χ2n) is 3.04. The third-order valence-corrected chi connectivity index (χ3v) is 2.15.